The van der Waals surface area contributed by atoms with E-state index in [1.807, 2.05) is 56.3 Å². The highest BCUT2D eigenvalue weighted by Gasteiger charge is 2.12. The van der Waals surface area contributed by atoms with Crippen LogP contribution in [0.15, 0.2) is 57.7 Å². The minimum absolute atomic E-state index is 0.365. The van der Waals surface area contributed by atoms with Crippen LogP contribution < -0.4 is 15.1 Å². The van der Waals surface area contributed by atoms with Gasteiger partial charge in [-0.3, -0.25) is 0 Å². The van der Waals surface area contributed by atoms with Crippen molar-refractivity contribution in [2.75, 3.05) is 13.2 Å². The van der Waals surface area contributed by atoms with E-state index in [1.54, 1.807) is 6.07 Å². The highest BCUT2D eigenvalue weighted by molar-refractivity contribution is 5.82. The van der Waals surface area contributed by atoms with Crippen LogP contribution in [0.1, 0.15) is 13.8 Å². The summed E-state index contributed by atoms with van der Waals surface area (Å²) in [6.07, 6.45) is 0. The maximum absolute atomic E-state index is 12.3. The minimum atomic E-state index is -0.365. The molecule has 4 heteroatoms. The largest absolute Gasteiger partial charge is 0.490 e. The molecule has 4 nitrogen and oxygen atoms in total. The maximum Gasteiger partial charge on any atom is 0.344 e. The summed E-state index contributed by atoms with van der Waals surface area (Å²) in [5.41, 5.74) is 1.47. The summed E-state index contributed by atoms with van der Waals surface area (Å²) in [5.74, 6) is 1.29. The van der Waals surface area contributed by atoms with Gasteiger partial charge < -0.3 is 13.9 Å². The van der Waals surface area contributed by atoms with Crippen molar-refractivity contribution in [3.05, 3.63) is 59.0 Å². The van der Waals surface area contributed by atoms with E-state index in [4.69, 9.17) is 13.9 Å². The summed E-state index contributed by atoms with van der Waals surface area (Å²) in [6.45, 7) is 4.90. The van der Waals surface area contributed by atoms with Crippen LogP contribution in [-0.4, -0.2) is 13.2 Å². The second-order valence-corrected chi connectivity index (χ2v) is 5.01. The summed E-state index contributed by atoms with van der Waals surface area (Å²) in [4.78, 5) is 12.3. The van der Waals surface area contributed by atoms with Gasteiger partial charge >= 0.3 is 5.63 Å². The van der Waals surface area contributed by atoms with Crippen LogP contribution in [0.4, 0.5) is 0 Å². The lowest BCUT2D eigenvalue weighted by Crippen LogP contribution is -2.04. The molecule has 3 aromatic rings. The van der Waals surface area contributed by atoms with Gasteiger partial charge in [0.2, 0.25) is 0 Å². The summed E-state index contributed by atoms with van der Waals surface area (Å²) >= 11 is 0. The molecular formula is C19H18O4. The first-order valence-electron chi connectivity index (χ1n) is 7.65. The van der Waals surface area contributed by atoms with Gasteiger partial charge in [0.15, 0.2) is 11.5 Å². The molecule has 1 aromatic heterocycles. The van der Waals surface area contributed by atoms with Gasteiger partial charge in [0, 0.05) is 5.39 Å². The molecule has 3 rings (SSSR count). The third kappa shape index (κ3) is 3.06. The van der Waals surface area contributed by atoms with Gasteiger partial charge in [0.1, 0.15) is 5.58 Å². The van der Waals surface area contributed by atoms with Crippen molar-refractivity contribution in [1.29, 1.82) is 0 Å². The van der Waals surface area contributed by atoms with Crippen LogP contribution in [0, 0.1) is 0 Å². The standard InChI is InChI=1S/C19H18O4/c1-3-21-17-10-9-13(12-18(17)22-4-2)15-11-14-7-5-6-8-16(14)23-19(15)20/h5-12H,3-4H2,1-2H3. The Bertz CT molecular complexity index is 880. The maximum atomic E-state index is 12.3. The fourth-order valence-corrected chi connectivity index (χ4v) is 2.48. The van der Waals surface area contributed by atoms with Gasteiger partial charge in [0.05, 0.1) is 18.8 Å². The molecule has 0 saturated heterocycles. The Morgan fingerprint density at radius 2 is 1.65 bits per heavy atom. The molecule has 0 bridgehead atoms. The van der Waals surface area contributed by atoms with Gasteiger partial charge in [-0.15, -0.1) is 0 Å². The molecule has 1 heterocycles. The smallest absolute Gasteiger partial charge is 0.344 e. The molecule has 0 aliphatic rings. The number of benzene rings is 2. The molecule has 0 saturated carbocycles. The molecule has 0 aliphatic carbocycles. The lowest BCUT2D eigenvalue weighted by atomic mass is 10.1. The van der Waals surface area contributed by atoms with Gasteiger partial charge in [-0.25, -0.2) is 4.79 Å². The first-order chi connectivity index (χ1) is 11.2. The van der Waals surface area contributed by atoms with Crippen molar-refractivity contribution in [3.63, 3.8) is 0 Å². The predicted molar refractivity (Wildman–Crippen MR) is 90.3 cm³/mol. The third-order valence-corrected chi connectivity index (χ3v) is 3.50. The summed E-state index contributed by atoms with van der Waals surface area (Å²) in [7, 11) is 0. The quantitative estimate of drug-likeness (QED) is 0.661. The SMILES string of the molecule is CCOc1ccc(-c2cc3ccccc3oc2=O)cc1OCC. The number of hydrogen-bond donors (Lipinski definition) is 0. The van der Waals surface area contributed by atoms with E-state index in [1.165, 1.54) is 0 Å². The van der Waals surface area contributed by atoms with E-state index < -0.39 is 0 Å². The van der Waals surface area contributed by atoms with Gasteiger partial charge in [-0.1, -0.05) is 24.3 Å². The van der Waals surface area contributed by atoms with Crippen molar-refractivity contribution in [2.45, 2.75) is 13.8 Å². The number of rotatable bonds is 5. The number of para-hydroxylation sites is 1. The van der Waals surface area contributed by atoms with Crippen LogP contribution in [0.2, 0.25) is 0 Å². The Kier molecular flexibility index (Phi) is 4.33. The van der Waals surface area contributed by atoms with E-state index in [0.717, 1.165) is 10.9 Å². The zero-order chi connectivity index (χ0) is 16.2. The number of ether oxygens (including phenoxy) is 2. The molecule has 2 aromatic carbocycles. The van der Waals surface area contributed by atoms with E-state index in [9.17, 15) is 4.79 Å². The zero-order valence-corrected chi connectivity index (χ0v) is 13.2. The number of fused-ring (bicyclic) bond motifs is 1. The Balaban J connectivity index is 2.12. The highest BCUT2D eigenvalue weighted by atomic mass is 16.5. The molecule has 0 unspecified atom stereocenters. The van der Waals surface area contributed by atoms with E-state index in [2.05, 4.69) is 0 Å². The average Bonchev–Trinajstić information content (AvgIpc) is 2.56. The molecule has 0 radical (unpaired) electrons. The predicted octanol–water partition coefficient (Wildman–Crippen LogP) is 4.26. The zero-order valence-electron chi connectivity index (χ0n) is 13.2. The number of hydrogen-bond acceptors (Lipinski definition) is 4. The van der Waals surface area contributed by atoms with Gasteiger partial charge in [-0.05, 0) is 43.7 Å². The van der Waals surface area contributed by atoms with Crippen molar-refractivity contribution in [1.82, 2.24) is 0 Å². The second-order valence-electron chi connectivity index (χ2n) is 5.01. The van der Waals surface area contributed by atoms with Crippen LogP contribution >= 0.6 is 0 Å². The summed E-state index contributed by atoms with van der Waals surface area (Å²) < 4.78 is 16.6. The van der Waals surface area contributed by atoms with E-state index >= 15 is 0 Å². The third-order valence-electron chi connectivity index (χ3n) is 3.50. The lowest BCUT2D eigenvalue weighted by molar-refractivity contribution is 0.288. The normalized spacial score (nSPS) is 10.7. The molecule has 0 atom stereocenters. The molecule has 23 heavy (non-hydrogen) atoms. The molecular weight excluding hydrogens is 292 g/mol. The second kappa shape index (κ2) is 6.57. The highest BCUT2D eigenvalue weighted by Crippen LogP contribution is 2.32. The molecule has 0 N–H and O–H groups in total. The fraction of sp³-hybridized carbons (Fsp3) is 0.211. The Morgan fingerprint density at radius 1 is 0.913 bits per heavy atom. The summed E-state index contributed by atoms with van der Waals surface area (Å²) in [6, 6.07) is 14.8. The molecule has 118 valence electrons. The average molecular weight is 310 g/mol. The fourth-order valence-electron chi connectivity index (χ4n) is 2.48. The summed E-state index contributed by atoms with van der Waals surface area (Å²) in [5, 5.41) is 0.883. The first-order valence-corrected chi connectivity index (χ1v) is 7.65. The van der Waals surface area contributed by atoms with E-state index in [0.29, 0.717) is 35.9 Å². The Morgan fingerprint density at radius 3 is 2.43 bits per heavy atom. The van der Waals surface area contributed by atoms with Crippen LogP contribution in [0.25, 0.3) is 22.1 Å². The minimum Gasteiger partial charge on any atom is -0.490 e. The monoisotopic (exact) mass is 310 g/mol. The van der Waals surface area contributed by atoms with Gasteiger partial charge in [0.25, 0.3) is 0 Å². The van der Waals surface area contributed by atoms with Crippen molar-refractivity contribution < 1.29 is 13.9 Å². The van der Waals surface area contributed by atoms with Crippen molar-refractivity contribution >= 4 is 11.0 Å². The molecule has 0 spiro atoms. The molecule has 0 aliphatic heterocycles. The molecule has 0 fully saturated rings. The Hall–Kier alpha value is -2.75. The first kappa shape index (κ1) is 15.2. The van der Waals surface area contributed by atoms with Crippen LogP contribution in [0.3, 0.4) is 0 Å². The lowest BCUT2D eigenvalue weighted by Gasteiger charge is -2.12. The van der Waals surface area contributed by atoms with E-state index in [-0.39, 0.29) is 5.63 Å². The Labute approximate surface area is 134 Å². The van der Waals surface area contributed by atoms with Gasteiger partial charge in [-0.2, -0.15) is 0 Å². The van der Waals surface area contributed by atoms with Crippen molar-refractivity contribution in [3.8, 4) is 22.6 Å². The molecule has 0 amide bonds. The van der Waals surface area contributed by atoms with Crippen LogP contribution in [-0.2, 0) is 0 Å². The van der Waals surface area contributed by atoms with Crippen molar-refractivity contribution in [2.24, 2.45) is 0 Å². The van der Waals surface area contributed by atoms with Crippen LogP contribution in [0.5, 0.6) is 11.5 Å². The topological polar surface area (TPSA) is 48.7 Å².